The smallest absolute Gasteiger partial charge is 0.226 e. The van der Waals surface area contributed by atoms with Crippen molar-refractivity contribution in [1.29, 1.82) is 0 Å². The van der Waals surface area contributed by atoms with E-state index in [1.807, 2.05) is 45.9 Å². The lowest BCUT2D eigenvalue weighted by Crippen LogP contribution is -2.15. The Labute approximate surface area is 150 Å². The van der Waals surface area contributed by atoms with Crippen LogP contribution in [0, 0.1) is 27.7 Å². The molecule has 4 heteroatoms. The molecular formula is C21H27NO3. The number of aryl methyl sites for hydroxylation is 3. The maximum absolute atomic E-state index is 11.0. The summed E-state index contributed by atoms with van der Waals surface area (Å²) in [5.41, 5.74) is 4.20. The van der Waals surface area contributed by atoms with Crippen molar-refractivity contribution in [2.24, 2.45) is 0 Å². The predicted octanol–water partition coefficient (Wildman–Crippen LogP) is 5.49. The van der Waals surface area contributed by atoms with Crippen molar-refractivity contribution in [2.75, 3.05) is 0 Å². The number of hydrogen-bond donors (Lipinski definition) is 0. The van der Waals surface area contributed by atoms with Gasteiger partial charge >= 0.3 is 0 Å². The van der Waals surface area contributed by atoms with Crippen molar-refractivity contribution < 1.29 is 14.3 Å². The second kappa shape index (κ2) is 8.15. The van der Waals surface area contributed by atoms with Gasteiger partial charge in [0.15, 0.2) is 0 Å². The lowest BCUT2D eigenvalue weighted by atomic mass is 10.1. The average molecular weight is 341 g/mol. The van der Waals surface area contributed by atoms with Crippen LogP contribution in [0.1, 0.15) is 59.4 Å². The fourth-order valence-electron chi connectivity index (χ4n) is 2.85. The topological polar surface area (TPSA) is 48.4 Å². The Balaban J connectivity index is 2.40. The number of benzene rings is 1. The van der Waals surface area contributed by atoms with E-state index in [2.05, 4.69) is 18.8 Å². The molecule has 4 nitrogen and oxygen atoms in total. The summed E-state index contributed by atoms with van der Waals surface area (Å²) >= 11 is 0. The van der Waals surface area contributed by atoms with Gasteiger partial charge in [-0.05, 0) is 63.8 Å². The Kier molecular flexibility index (Phi) is 6.18. The zero-order valence-corrected chi connectivity index (χ0v) is 16.0. The molecule has 0 spiro atoms. The van der Waals surface area contributed by atoms with Gasteiger partial charge in [-0.2, -0.15) is 0 Å². The molecule has 0 aliphatic carbocycles. The van der Waals surface area contributed by atoms with Crippen LogP contribution in [0.3, 0.4) is 0 Å². The summed E-state index contributed by atoms with van der Waals surface area (Å²) < 4.78 is 12.3. The number of pyridine rings is 1. The van der Waals surface area contributed by atoms with E-state index in [-0.39, 0.29) is 6.10 Å². The molecule has 0 saturated heterocycles. The Morgan fingerprint density at radius 1 is 1.04 bits per heavy atom. The fourth-order valence-corrected chi connectivity index (χ4v) is 2.85. The van der Waals surface area contributed by atoms with Gasteiger partial charge in [0, 0.05) is 17.3 Å². The van der Waals surface area contributed by atoms with Gasteiger partial charge in [-0.15, -0.1) is 0 Å². The summed E-state index contributed by atoms with van der Waals surface area (Å²) in [6.45, 7) is 12.0. The van der Waals surface area contributed by atoms with E-state index in [0.717, 1.165) is 53.0 Å². The molecule has 1 heterocycles. The predicted molar refractivity (Wildman–Crippen MR) is 100 cm³/mol. The average Bonchev–Trinajstić information content (AvgIpc) is 2.58. The van der Waals surface area contributed by atoms with Crippen LogP contribution < -0.4 is 9.47 Å². The van der Waals surface area contributed by atoms with Crippen LogP contribution in [0.25, 0.3) is 0 Å². The number of nitrogens with zero attached hydrogens (tertiary/aromatic N) is 1. The highest BCUT2D eigenvalue weighted by molar-refractivity contribution is 5.76. The molecule has 0 bridgehead atoms. The minimum atomic E-state index is 0.184. The van der Waals surface area contributed by atoms with E-state index in [0.29, 0.717) is 11.4 Å². The monoisotopic (exact) mass is 341 g/mol. The summed E-state index contributed by atoms with van der Waals surface area (Å²) in [6, 6.07) is 5.60. The van der Waals surface area contributed by atoms with Crippen molar-refractivity contribution in [1.82, 2.24) is 4.98 Å². The van der Waals surface area contributed by atoms with Crippen LogP contribution in [-0.2, 0) is 0 Å². The van der Waals surface area contributed by atoms with Crippen molar-refractivity contribution in [3.05, 3.63) is 46.1 Å². The highest BCUT2D eigenvalue weighted by Crippen LogP contribution is 2.34. The van der Waals surface area contributed by atoms with Gasteiger partial charge in [0.2, 0.25) is 5.88 Å². The normalized spacial score (nSPS) is 10.8. The first-order chi connectivity index (χ1) is 11.9. The SMILES string of the molecule is CCC(CC)Oc1cc(C)nc(Oc2c(C)cc(C=O)cc2C)c1C. The molecule has 0 N–H and O–H groups in total. The first kappa shape index (κ1) is 19.0. The zero-order chi connectivity index (χ0) is 18.6. The molecular weight excluding hydrogens is 314 g/mol. The number of aromatic nitrogens is 1. The Hall–Kier alpha value is -2.36. The van der Waals surface area contributed by atoms with Crippen LogP contribution in [0.5, 0.6) is 17.4 Å². The molecule has 1 aromatic heterocycles. The largest absolute Gasteiger partial charge is 0.490 e. The van der Waals surface area contributed by atoms with Crippen molar-refractivity contribution >= 4 is 6.29 Å². The fraction of sp³-hybridized carbons (Fsp3) is 0.429. The molecule has 0 unspecified atom stereocenters. The van der Waals surface area contributed by atoms with Gasteiger partial charge in [0.05, 0.1) is 11.7 Å². The minimum Gasteiger partial charge on any atom is -0.490 e. The van der Waals surface area contributed by atoms with Gasteiger partial charge in [-0.25, -0.2) is 4.98 Å². The maximum Gasteiger partial charge on any atom is 0.226 e. The van der Waals surface area contributed by atoms with Gasteiger partial charge in [0.1, 0.15) is 17.8 Å². The van der Waals surface area contributed by atoms with Gasteiger partial charge in [0.25, 0.3) is 0 Å². The second-order valence-electron chi connectivity index (χ2n) is 6.45. The van der Waals surface area contributed by atoms with Crippen LogP contribution in [-0.4, -0.2) is 17.4 Å². The van der Waals surface area contributed by atoms with Crippen molar-refractivity contribution in [2.45, 2.75) is 60.5 Å². The van der Waals surface area contributed by atoms with Crippen LogP contribution in [0.2, 0.25) is 0 Å². The van der Waals surface area contributed by atoms with Gasteiger partial charge in [-0.1, -0.05) is 13.8 Å². The van der Waals surface area contributed by atoms with Crippen molar-refractivity contribution in [3.8, 4) is 17.4 Å². The van der Waals surface area contributed by atoms with E-state index < -0.39 is 0 Å². The number of hydrogen-bond acceptors (Lipinski definition) is 4. The standard InChI is InChI=1S/C21H27NO3/c1-7-18(8-2)24-19-11-15(5)22-21(16(19)6)25-20-13(3)9-17(12-23)10-14(20)4/h9-12,18H,7-8H2,1-6H3. The molecule has 1 aromatic carbocycles. The van der Waals surface area contributed by atoms with E-state index in [4.69, 9.17) is 9.47 Å². The Morgan fingerprint density at radius 2 is 1.64 bits per heavy atom. The molecule has 0 aliphatic rings. The second-order valence-corrected chi connectivity index (χ2v) is 6.45. The van der Waals surface area contributed by atoms with E-state index >= 15 is 0 Å². The molecule has 0 atom stereocenters. The number of carbonyl (C=O) groups excluding carboxylic acids is 1. The van der Waals surface area contributed by atoms with E-state index in [1.165, 1.54) is 0 Å². The highest BCUT2D eigenvalue weighted by Gasteiger charge is 2.16. The number of ether oxygens (including phenoxy) is 2. The molecule has 0 fully saturated rings. The van der Waals surface area contributed by atoms with E-state index in [1.54, 1.807) is 0 Å². The molecule has 25 heavy (non-hydrogen) atoms. The molecule has 2 rings (SSSR count). The number of rotatable bonds is 7. The summed E-state index contributed by atoms with van der Waals surface area (Å²) in [5, 5.41) is 0. The highest BCUT2D eigenvalue weighted by atomic mass is 16.5. The third-order valence-electron chi connectivity index (χ3n) is 4.33. The van der Waals surface area contributed by atoms with Crippen LogP contribution >= 0.6 is 0 Å². The molecule has 0 saturated carbocycles. The third kappa shape index (κ3) is 4.38. The van der Waals surface area contributed by atoms with Gasteiger partial charge in [-0.3, -0.25) is 4.79 Å². The van der Waals surface area contributed by atoms with Crippen LogP contribution in [0.4, 0.5) is 0 Å². The lowest BCUT2D eigenvalue weighted by molar-refractivity contribution is 0.112. The minimum absolute atomic E-state index is 0.184. The third-order valence-corrected chi connectivity index (χ3v) is 4.33. The number of carbonyl (C=O) groups is 1. The van der Waals surface area contributed by atoms with Gasteiger partial charge < -0.3 is 9.47 Å². The maximum atomic E-state index is 11.0. The quantitative estimate of drug-likeness (QED) is 0.625. The lowest BCUT2D eigenvalue weighted by Gasteiger charge is -2.20. The summed E-state index contributed by atoms with van der Waals surface area (Å²) in [4.78, 5) is 15.6. The molecule has 2 aromatic rings. The first-order valence-corrected chi connectivity index (χ1v) is 8.78. The van der Waals surface area contributed by atoms with E-state index in [9.17, 15) is 4.79 Å². The zero-order valence-electron chi connectivity index (χ0n) is 16.0. The van der Waals surface area contributed by atoms with Crippen molar-refractivity contribution in [3.63, 3.8) is 0 Å². The molecule has 134 valence electrons. The first-order valence-electron chi connectivity index (χ1n) is 8.78. The summed E-state index contributed by atoms with van der Waals surface area (Å²) in [5.74, 6) is 2.10. The molecule has 0 amide bonds. The van der Waals surface area contributed by atoms with Crippen LogP contribution in [0.15, 0.2) is 18.2 Å². The Bertz CT molecular complexity index is 741. The summed E-state index contributed by atoms with van der Waals surface area (Å²) in [6.07, 6.45) is 2.95. The molecule has 0 radical (unpaired) electrons. The molecule has 0 aliphatic heterocycles. The summed E-state index contributed by atoms with van der Waals surface area (Å²) in [7, 11) is 0. The Morgan fingerprint density at radius 3 is 2.16 bits per heavy atom. The number of aldehydes is 1.